The highest BCUT2D eigenvalue weighted by molar-refractivity contribution is 4.87. The molecule has 3 atom stereocenters. The summed E-state index contributed by atoms with van der Waals surface area (Å²) < 4.78 is 0. The normalized spacial score (nSPS) is 33.8. The number of aliphatic hydroxyl groups excluding tert-OH is 1. The first kappa shape index (κ1) is 11.8. The zero-order valence-electron chi connectivity index (χ0n) is 9.58. The van der Waals surface area contributed by atoms with Gasteiger partial charge in [0, 0.05) is 0 Å². The third kappa shape index (κ3) is 3.45. The Kier molecular flexibility index (Phi) is 5.24. The van der Waals surface area contributed by atoms with E-state index in [0.29, 0.717) is 5.92 Å². The summed E-state index contributed by atoms with van der Waals surface area (Å²) in [6.07, 6.45) is 11.4. The molecular formula is C13H24O. The van der Waals surface area contributed by atoms with E-state index in [9.17, 15) is 5.11 Å². The second kappa shape index (κ2) is 6.23. The molecule has 0 aliphatic heterocycles. The lowest BCUT2D eigenvalue weighted by atomic mass is 9.76. The summed E-state index contributed by atoms with van der Waals surface area (Å²) in [5.74, 6) is 1.40. The highest BCUT2D eigenvalue weighted by Crippen LogP contribution is 2.34. The van der Waals surface area contributed by atoms with Gasteiger partial charge in [-0.05, 0) is 44.4 Å². The second-order valence-electron chi connectivity index (χ2n) is 4.60. The Morgan fingerprint density at radius 2 is 2.14 bits per heavy atom. The molecule has 0 aromatic rings. The van der Waals surface area contributed by atoms with Crippen LogP contribution >= 0.6 is 0 Å². The van der Waals surface area contributed by atoms with Gasteiger partial charge in [-0.15, -0.1) is 0 Å². The van der Waals surface area contributed by atoms with Crippen molar-refractivity contribution in [3.05, 3.63) is 12.2 Å². The van der Waals surface area contributed by atoms with E-state index in [1.807, 2.05) is 0 Å². The smallest absolute Gasteiger partial charge is 0.0571 e. The van der Waals surface area contributed by atoms with Crippen molar-refractivity contribution in [2.45, 2.75) is 58.5 Å². The summed E-state index contributed by atoms with van der Waals surface area (Å²) in [6, 6.07) is 0. The minimum Gasteiger partial charge on any atom is -0.393 e. The van der Waals surface area contributed by atoms with Crippen LogP contribution in [0.25, 0.3) is 0 Å². The lowest BCUT2D eigenvalue weighted by Gasteiger charge is -2.32. The average Bonchev–Trinajstić information content (AvgIpc) is 2.19. The van der Waals surface area contributed by atoms with Gasteiger partial charge in [0.05, 0.1) is 6.10 Å². The average molecular weight is 196 g/mol. The molecule has 0 amide bonds. The largest absolute Gasteiger partial charge is 0.393 e. The number of hydrogen-bond acceptors (Lipinski definition) is 1. The number of aliphatic hydroxyl groups is 1. The quantitative estimate of drug-likeness (QED) is 0.682. The first-order valence-corrected chi connectivity index (χ1v) is 6.07. The molecule has 1 rings (SSSR count). The minimum absolute atomic E-state index is 0.0423. The van der Waals surface area contributed by atoms with Crippen molar-refractivity contribution in [2.24, 2.45) is 11.8 Å². The van der Waals surface area contributed by atoms with Gasteiger partial charge in [0.2, 0.25) is 0 Å². The molecule has 1 aliphatic rings. The second-order valence-corrected chi connectivity index (χ2v) is 4.60. The predicted octanol–water partition coefficient (Wildman–Crippen LogP) is 3.53. The van der Waals surface area contributed by atoms with Crippen LogP contribution in [0.5, 0.6) is 0 Å². The Morgan fingerprint density at radius 1 is 1.36 bits per heavy atom. The van der Waals surface area contributed by atoms with Crippen molar-refractivity contribution in [1.82, 2.24) is 0 Å². The van der Waals surface area contributed by atoms with Gasteiger partial charge in [-0.1, -0.05) is 31.9 Å². The molecule has 14 heavy (non-hydrogen) atoms. The van der Waals surface area contributed by atoms with Crippen LogP contribution in [0.4, 0.5) is 0 Å². The first-order valence-electron chi connectivity index (χ1n) is 6.07. The molecule has 1 heteroatoms. The van der Waals surface area contributed by atoms with Gasteiger partial charge in [-0.2, -0.15) is 0 Å². The molecule has 1 nitrogen and oxygen atoms in total. The van der Waals surface area contributed by atoms with Crippen LogP contribution in [0, 0.1) is 11.8 Å². The Bertz CT molecular complexity index is 174. The molecule has 0 bridgehead atoms. The van der Waals surface area contributed by atoms with Crippen LogP contribution in [0.3, 0.4) is 0 Å². The third-order valence-electron chi connectivity index (χ3n) is 3.42. The molecule has 1 N–H and O–H groups in total. The summed E-state index contributed by atoms with van der Waals surface area (Å²) in [5, 5.41) is 9.85. The van der Waals surface area contributed by atoms with E-state index >= 15 is 0 Å². The van der Waals surface area contributed by atoms with E-state index < -0.39 is 0 Å². The fourth-order valence-electron chi connectivity index (χ4n) is 2.58. The lowest BCUT2D eigenvalue weighted by molar-refractivity contribution is 0.0476. The van der Waals surface area contributed by atoms with Crippen molar-refractivity contribution in [3.8, 4) is 0 Å². The topological polar surface area (TPSA) is 20.2 Å². The third-order valence-corrected chi connectivity index (χ3v) is 3.42. The minimum atomic E-state index is -0.0423. The van der Waals surface area contributed by atoms with E-state index in [1.165, 1.54) is 25.7 Å². The van der Waals surface area contributed by atoms with Gasteiger partial charge in [0.25, 0.3) is 0 Å². The van der Waals surface area contributed by atoms with E-state index in [1.54, 1.807) is 0 Å². The van der Waals surface area contributed by atoms with Crippen molar-refractivity contribution < 1.29 is 5.11 Å². The van der Waals surface area contributed by atoms with Crippen molar-refractivity contribution >= 4 is 0 Å². The maximum atomic E-state index is 9.85. The van der Waals surface area contributed by atoms with Crippen molar-refractivity contribution in [3.63, 3.8) is 0 Å². The Balaban J connectivity index is 2.38. The van der Waals surface area contributed by atoms with E-state index in [0.717, 1.165) is 18.8 Å². The molecule has 1 aliphatic carbocycles. The zero-order chi connectivity index (χ0) is 10.4. The van der Waals surface area contributed by atoms with Gasteiger partial charge < -0.3 is 5.11 Å². The van der Waals surface area contributed by atoms with Gasteiger partial charge in [0.1, 0.15) is 0 Å². The van der Waals surface area contributed by atoms with Gasteiger partial charge >= 0.3 is 0 Å². The number of hydrogen-bond donors (Lipinski definition) is 1. The van der Waals surface area contributed by atoms with Crippen molar-refractivity contribution in [1.29, 1.82) is 0 Å². The summed E-state index contributed by atoms with van der Waals surface area (Å²) >= 11 is 0. The molecule has 1 saturated carbocycles. The molecule has 0 heterocycles. The molecule has 0 aromatic carbocycles. The fourth-order valence-corrected chi connectivity index (χ4v) is 2.58. The van der Waals surface area contributed by atoms with Crippen LogP contribution in [0.2, 0.25) is 0 Å². The Morgan fingerprint density at radius 3 is 2.79 bits per heavy atom. The van der Waals surface area contributed by atoms with Crippen LogP contribution in [-0.2, 0) is 0 Å². The van der Waals surface area contributed by atoms with Crippen LogP contribution < -0.4 is 0 Å². The van der Waals surface area contributed by atoms with Gasteiger partial charge in [-0.3, -0.25) is 0 Å². The molecule has 1 fully saturated rings. The van der Waals surface area contributed by atoms with Crippen LogP contribution in [0.1, 0.15) is 52.4 Å². The SMILES string of the molecule is CC=CCC1CC(CCC)CCC1O. The van der Waals surface area contributed by atoms with Gasteiger partial charge in [-0.25, -0.2) is 0 Å². The zero-order valence-corrected chi connectivity index (χ0v) is 9.58. The lowest BCUT2D eigenvalue weighted by Crippen LogP contribution is -2.28. The van der Waals surface area contributed by atoms with Crippen molar-refractivity contribution in [2.75, 3.05) is 0 Å². The summed E-state index contributed by atoms with van der Waals surface area (Å²) in [5.41, 5.74) is 0. The number of allylic oxidation sites excluding steroid dienone is 2. The maximum Gasteiger partial charge on any atom is 0.0571 e. The molecule has 0 spiro atoms. The predicted molar refractivity (Wildman–Crippen MR) is 61.2 cm³/mol. The summed E-state index contributed by atoms with van der Waals surface area (Å²) in [4.78, 5) is 0. The summed E-state index contributed by atoms with van der Waals surface area (Å²) in [7, 11) is 0. The molecule has 0 radical (unpaired) electrons. The standard InChI is InChI=1S/C13H24O/c1-3-5-7-12-10-11(6-4-2)8-9-13(12)14/h3,5,11-14H,4,6-10H2,1-2H3. The van der Waals surface area contributed by atoms with E-state index in [4.69, 9.17) is 0 Å². The van der Waals surface area contributed by atoms with E-state index in [2.05, 4.69) is 26.0 Å². The highest BCUT2D eigenvalue weighted by atomic mass is 16.3. The van der Waals surface area contributed by atoms with Gasteiger partial charge in [0.15, 0.2) is 0 Å². The monoisotopic (exact) mass is 196 g/mol. The van der Waals surface area contributed by atoms with Crippen LogP contribution in [0.15, 0.2) is 12.2 Å². The fraction of sp³-hybridized carbons (Fsp3) is 0.846. The van der Waals surface area contributed by atoms with E-state index in [-0.39, 0.29) is 6.10 Å². The molecular weight excluding hydrogens is 172 g/mol. The molecule has 0 saturated heterocycles. The number of rotatable bonds is 4. The highest BCUT2D eigenvalue weighted by Gasteiger charge is 2.27. The van der Waals surface area contributed by atoms with Crippen LogP contribution in [-0.4, -0.2) is 11.2 Å². The maximum absolute atomic E-state index is 9.85. The molecule has 0 aromatic heterocycles. The molecule has 82 valence electrons. The first-order chi connectivity index (χ1) is 6.77. The summed E-state index contributed by atoms with van der Waals surface area (Å²) in [6.45, 7) is 4.31. The Hall–Kier alpha value is -0.300. The Labute approximate surface area is 88.2 Å². The molecule has 3 unspecified atom stereocenters.